The molecule has 0 saturated heterocycles. The van der Waals surface area contributed by atoms with Crippen LogP contribution >= 0.6 is 11.8 Å². The molecule has 1 aromatic heterocycles. The molecule has 72 valence electrons. The summed E-state index contributed by atoms with van der Waals surface area (Å²) in [6, 6.07) is 0. The van der Waals surface area contributed by atoms with Gasteiger partial charge in [-0.25, -0.2) is 0 Å². The number of aliphatic hydroxyl groups excluding tert-OH is 1. The fourth-order valence-corrected chi connectivity index (χ4v) is 2.53. The lowest BCUT2D eigenvalue weighted by atomic mass is 10.3. The van der Waals surface area contributed by atoms with E-state index in [1.54, 1.807) is 16.4 Å². The molecule has 0 amide bonds. The molecule has 0 spiro atoms. The maximum atomic E-state index is 11.6. The van der Waals surface area contributed by atoms with Gasteiger partial charge >= 0.3 is 0 Å². The van der Waals surface area contributed by atoms with Crippen molar-refractivity contribution in [2.24, 2.45) is 0 Å². The number of rotatable bonds is 3. The highest BCUT2D eigenvalue weighted by Crippen LogP contribution is 2.25. The molecule has 0 saturated carbocycles. The second-order valence-corrected chi connectivity index (χ2v) is 4.08. The predicted octanol–water partition coefficient (Wildman–Crippen LogP) is 0.306. The van der Waals surface area contributed by atoms with E-state index in [0.29, 0.717) is 13.0 Å². The van der Waals surface area contributed by atoms with Crippen molar-refractivity contribution in [3.05, 3.63) is 21.6 Å². The largest absolute Gasteiger partial charge is 0.396 e. The van der Waals surface area contributed by atoms with Crippen molar-refractivity contribution >= 4 is 11.8 Å². The zero-order valence-electron chi connectivity index (χ0n) is 7.25. The molecule has 0 unspecified atom stereocenters. The molecule has 13 heavy (non-hydrogen) atoms. The Labute approximate surface area is 79.9 Å². The first kappa shape index (κ1) is 8.90. The first-order chi connectivity index (χ1) is 6.33. The normalized spacial score (nSPS) is 14.8. The van der Waals surface area contributed by atoms with Crippen LogP contribution in [0.4, 0.5) is 0 Å². The zero-order valence-corrected chi connectivity index (χ0v) is 8.06. The average molecular weight is 200 g/mol. The number of hydrogen-bond donors (Lipinski definition) is 2. The van der Waals surface area contributed by atoms with Gasteiger partial charge in [0.25, 0.3) is 5.56 Å². The molecule has 2 N–H and O–H groups in total. The molecule has 2 heterocycles. The molecule has 1 aliphatic heterocycles. The lowest BCUT2D eigenvalue weighted by Gasteiger charge is -1.99. The van der Waals surface area contributed by atoms with Gasteiger partial charge in [0.2, 0.25) is 0 Å². The van der Waals surface area contributed by atoms with E-state index in [2.05, 4.69) is 5.10 Å². The molecule has 1 aliphatic rings. The third-order valence-electron chi connectivity index (χ3n) is 2.17. The van der Waals surface area contributed by atoms with E-state index in [1.807, 2.05) is 0 Å². The molecule has 4 nitrogen and oxygen atoms in total. The highest BCUT2D eigenvalue weighted by molar-refractivity contribution is 7.98. The summed E-state index contributed by atoms with van der Waals surface area (Å²) in [7, 11) is 0. The topological polar surface area (TPSA) is 58.0 Å². The third-order valence-corrected chi connectivity index (χ3v) is 3.16. The van der Waals surface area contributed by atoms with E-state index in [4.69, 9.17) is 5.11 Å². The Morgan fingerprint density at radius 3 is 3.08 bits per heavy atom. The minimum Gasteiger partial charge on any atom is -0.396 e. The maximum Gasteiger partial charge on any atom is 0.270 e. The van der Waals surface area contributed by atoms with Gasteiger partial charge in [-0.05, 0) is 6.42 Å². The summed E-state index contributed by atoms with van der Waals surface area (Å²) >= 11 is 1.76. The monoisotopic (exact) mass is 200 g/mol. The summed E-state index contributed by atoms with van der Waals surface area (Å²) < 4.78 is 1.60. The number of hydrogen-bond acceptors (Lipinski definition) is 3. The molecule has 0 bridgehead atoms. The highest BCUT2D eigenvalue weighted by Gasteiger charge is 2.18. The molecule has 0 fully saturated rings. The number of aryl methyl sites for hydroxylation is 1. The van der Waals surface area contributed by atoms with Crippen molar-refractivity contribution in [1.82, 2.24) is 9.78 Å². The van der Waals surface area contributed by atoms with Crippen LogP contribution in [0.3, 0.4) is 0 Å². The van der Waals surface area contributed by atoms with Crippen LogP contribution in [0.25, 0.3) is 0 Å². The van der Waals surface area contributed by atoms with E-state index < -0.39 is 0 Å². The molecule has 0 aromatic carbocycles. The van der Waals surface area contributed by atoms with Crippen molar-refractivity contribution in [1.29, 1.82) is 0 Å². The molecule has 1 aromatic rings. The van der Waals surface area contributed by atoms with Gasteiger partial charge < -0.3 is 5.11 Å². The minimum atomic E-state index is 0.0912. The number of fused-ring (bicyclic) bond motifs is 1. The number of aliphatic hydroxyl groups is 1. The molecule has 0 atom stereocenters. The number of aromatic nitrogens is 2. The van der Waals surface area contributed by atoms with E-state index in [1.165, 1.54) is 0 Å². The summed E-state index contributed by atoms with van der Waals surface area (Å²) in [4.78, 5) is 11.6. The Morgan fingerprint density at radius 1 is 1.54 bits per heavy atom. The Balaban J connectivity index is 2.24. The van der Waals surface area contributed by atoms with E-state index in [9.17, 15) is 4.79 Å². The minimum absolute atomic E-state index is 0.0912. The smallest absolute Gasteiger partial charge is 0.270 e. The first-order valence-electron chi connectivity index (χ1n) is 4.32. The molecule has 0 aliphatic carbocycles. The van der Waals surface area contributed by atoms with Gasteiger partial charge in [0.15, 0.2) is 0 Å². The van der Waals surface area contributed by atoms with Gasteiger partial charge in [0.1, 0.15) is 0 Å². The molecule has 0 radical (unpaired) electrons. The van der Waals surface area contributed by atoms with Gasteiger partial charge in [-0.15, -0.1) is 0 Å². The third kappa shape index (κ3) is 1.53. The van der Waals surface area contributed by atoms with Gasteiger partial charge in [0, 0.05) is 24.7 Å². The molecule has 5 heteroatoms. The van der Waals surface area contributed by atoms with Crippen molar-refractivity contribution in [2.45, 2.75) is 24.5 Å². The molecule has 2 rings (SSSR count). The number of nitrogens with one attached hydrogen (secondary N) is 1. The fraction of sp³-hybridized carbons (Fsp3) is 0.625. The quantitative estimate of drug-likeness (QED) is 0.738. The summed E-state index contributed by atoms with van der Waals surface area (Å²) in [6.45, 7) is 0.720. The van der Waals surface area contributed by atoms with Gasteiger partial charge in [-0.2, -0.15) is 11.8 Å². The fourth-order valence-electron chi connectivity index (χ4n) is 1.48. The lowest BCUT2D eigenvalue weighted by molar-refractivity contribution is 0.276. The Kier molecular flexibility index (Phi) is 2.46. The van der Waals surface area contributed by atoms with E-state index >= 15 is 0 Å². The van der Waals surface area contributed by atoms with Crippen molar-refractivity contribution in [2.75, 3.05) is 6.61 Å². The SMILES string of the molecule is O=c1c2c([nH]n1CCCO)CSC2. The van der Waals surface area contributed by atoms with Gasteiger partial charge in [-0.1, -0.05) is 0 Å². The van der Waals surface area contributed by atoms with Crippen LogP contribution in [0, 0.1) is 0 Å². The summed E-state index contributed by atoms with van der Waals surface area (Å²) in [5.41, 5.74) is 2.07. The Morgan fingerprint density at radius 2 is 2.38 bits per heavy atom. The second kappa shape index (κ2) is 3.59. The molecular weight excluding hydrogens is 188 g/mol. The second-order valence-electron chi connectivity index (χ2n) is 3.10. The van der Waals surface area contributed by atoms with Crippen LogP contribution in [0.15, 0.2) is 4.79 Å². The zero-order chi connectivity index (χ0) is 9.26. The highest BCUT2D eigenvalue weighted by atomic mass is 32.2. The lowest BCUT2D eigenvalue weighted by Crippen LogP contribution is -2.19. The standard InChI is InChI=1S/C8H12N2O2S/c11-3-1-2-10-8(12)6-4-13-5-7(6)9-10/h9,11H,1-5H2. The first-order valence-corrected chi connectivity index (χ1v) is 5.47. The van der Waals surface area contributed by atoms with Crippen LogP contribution in [0.5, 0.6) is 0 Å². The van der Waals surface area contributed by atoms with Crippen LogP contribution in [0.2, 0.25) is 0 Å². The van der Waals surface area contributed by atoms with E-state index in [-0.39, 0.29) is 12.2 Å². The Hall–Kier alpha value is -0.680. The summed E-state index contributed by atoms with van der Waals surface area (Å²) in [5, 5.41) is 11.7. The number of nitrogens with zero attached hydrogens (tertiary/aromatic N) is 1. The maximum absolute atomic E-state index is 11.6. The van der Waals surface area contributed by atoms with E-state index in [0.717, 1.165) is 22.8 Å². The average Bonchev–Trinajstić information content (AvgIpc) is 2.67. The van der Waals surface area contributed by atoms with Crippen molar-refractivity contribution in [3.8, 4) is 0 Å². The van der Waals surface area contributed by atoms with Crippen molar-refractivity contribution < 1.29 is 5.11 Å². The van der Waals surface area contributed by atoms with Crippen LogP contribution in [-0.4, -0.2) is 21.5 Å². The number of thioether (sulfide) groups is 1. The van der Waals surface area contributed by atoms with Crippen LogP contribution in [0.1, 0.15) is 17.7 Å². The van der Waals surface area contributed by atoms with Gasteiger partial charge in [-0.3, -0.25) is 14.6 Å². The predicted molar refractivity (Wildman–Crippen MR) is 51.8 cm³/mol. The van der Waals surface area contributed by atoms with Crippen LogP contribution < -0.4 is 5.56 Å². The number of H-pyrrole nitrogens is 1. The molecular formula is C8H12N2O2S. The Bertz CT molecular complexity index is 356. The summed E-state index contributed by atoms with van der Waals surface area (Å²) in [5.74, 6) is 1.74. The van der Waals surface area contributed by atoms with Crippen molar-refractivity contribution in [3.63, 3.8) is 0 Å². The van der Waals surface area contributed by atoms with Gasteiger partial charge in [0.05, 0.1) is 11.3 Å². The number of aromatic amines is 1. The summed E-state index contributed by atoms with van der Waals surface area (Å²) in [6.07, 6.45) is 0.631. The van der Waals surface area contributed by atoms with Crippen LogP contribution in [-0.2, 0) is 18.1 Å².